The first-order valence-corrected chi connectivity index (χ1v) is 6.34. The first kappa shape index (κ1) is 13.3. The largest absolute Gasteiger partial charge is 0.493 e. The minimum Gasteiger partial charge on any atom is -0.493 e. The van der Waals surface area contributed by atoms with E-state index in [-0.39, 0.29) is 12.6 Å². The van der Waals surface area contributed by atoms with Crippen molar-refractivity contribution in [2.75, 3.05) is 20.8 Å². The van der Waals surface area contributed by atoms with Crippen molar-refractivity contribution in [2.24, 2.45) is 0 Å². The predicted octanol–water partition coefficient (Wildman–Crippen LogP) is 0.869. The Morgan fingerprint density at radius 1 is 1.24 bits per heavy atom. The van der Waals surface area contributed by atoms with E-state index >= 15 is 0 Å². The van der Waals surface area contributed by atoms with Gasteiger partial charge in [0.05, 0.1) is 31.5 Å². The first-order chi connectivity index (χ1) is 10.2. The molecule has 2 heterocycles. The van der Waals surface area contributed by atoms with E-state index in [0.717, 1.165) is 0 Å². The minimum absolute atomic E-state index is 0.0738. The van der Waals surface area contributed by atoms with Gasteiger partial charge in [-0.25, -0.2) is 9.59 Å². The van der Waals surface area contributed by atoms with Crippen molar-refractivity contribution in [3.05, 3.63) is 35.0 Å². The van der Waals surface area contributed by atoms with Crippen LogP contribution in [-0.2, 0) is 9.53 Å². The summed E-state index contributed by atoms with van der Waals surface area (Å²) in [6, 6.07) is 4.27. The van der Waals surface area contributed by atoms with E-state index in [1.807, 2.05) is 0 Å². The predicted molar refractivity (Wildman–Crippen MR) is 71.9 cm³/mol. The van der Waals surface area contributed by atoms with Crippen LogP contribution in [0, 0.1) is 0 Å². The number of ether oxygens (including phenoxy) is 3. The standard InChI is InChI=1S/C14H14N2O5/c1-19-9-5-3-4-7(12(9)20-2)11-10-8(6-21-13(10)17)15-14(18)16-11/h3-5,11H,6H2,1-2H3,(H2,15,16,18)/t11-/m0/s1. The summed E-state index contributed by atoms with van der Waals surface area (Å²) in [5.74, 6) is 0.544. The molecule has 0 spiro atoms. The lowest BCUT2D eigenvalue weighted by atomic mass is 9.95. The number of nitrogens with one attached hydrogen (secondary N) is 2. The zero-order valence-electron chi connectivity index (χ0n) is 11.6. The molecular weight excluding hydrogens is 276 g/mol. The zero-order chi connectivity index (χ0) is 15.0. The van der Waals surface area contributed by atoms with E-state index in [1.54, 1.807) is 18.2 Å². The fourth-order valence-electron chi connectivity index (χ4n) is 2.56. The highest BCUT2D eigenvalue weighted by Gasteiger charge is 2.39. The Bertz CT molecular complexity index is 653. The maximum Gasteiger partial charge on any atom is 0.338 e. The Hall–Kier alpha value is -2.70. The summed E-state index contributed by atoms with van der Waals surface area (Å²) in [5, 5.41) is 5.30. The zero-order valence-corrected chi connectivity index (χ0v) is 11.6. The second-order valence-electron chi connectivity index (χ2n) is 4.58. The van der Waals surface area contributed by atoms with Crippen LogP contribution in [0.5, 0.6) is 11.5 Å². The summed E-state index contributed by atoms with van der Waals surface area (Å²) < 4.78 is 15.6. The number of cyclic esters (lactones) is 1. The highest BCUT2D eigenvalue weighted by molar-refractivity contribution is 5.97. The highest BCUT2D eigenvalue weighted by Crippen LogP contribution is 2.40. The normalized spacial score (nSPS) is 20.4. The Balaban J connectivity index is 2.13. The number of methoxy groups -OCH3 is 2. The molecule has 1 aromatic carbocycles. The molecule has 0 radical (unpaired) electrons. The molecule has 2 aliphatic rings. The summed E-state index contributed by atoms with van der Waals surface area (Å²) in [6.07, 6.45) is 0. The van der Waals surface area contributed by atoms with Gasteiger partial charge in [0.1, 0.15) is 6.61 Å². The molecule has 0 bridgehead atoms. The molecule has 0 saturated carbocycles. The number of rotatable bonds is 3. The lowest BCUT2D eigenvalue weighted by Crippen LogP contribution is -2.44. The Morgan fingerprint density at radius 2 is 2.05 bits per heavy atom. The fourth-order valence-corrected chi connectivity index (χ4v) is 2.56. The summed E-state index contributed by atoms with van der Waals surface area (Å²) >= 11 is 0. The van der Waals surface area contributed by atoms with Crippen LogP contribution in [0.1, 0.15) is 11.6 Å². The number of urea groups is 1. The molecule has 110 valence electrons. The molecule has 7 nitrogen and oxygen atoms in total. The van der Waals surface area contributed by atoms with Gasteiger partial charge in [-0.05, 0) is 6.07 Å². The summed E-state index contributed by atoms with van der Waals surface area (Å²) in [6.45, 7) is 0.0738. The van der Waals surface area contributed by atoms with Gasteiger partial charge in [-0.3, -0.25) is 0 Å². The van der Waals surface area contributed by atoms with Gasteiger partial charge in [-0.15, -0.1) is 0 Å². The van der Waals surface area contributed by atoms with Crippen LogP contribution in [0.2, 0.25) is 0 Å². The molecule has 2 aliphatic heterocycles. The average Bonchev–Trinajstić information content (AvgIpc) is 2.86. The molecule has 0 saturated heterocycles. The van der Waals surface area contributed by atoms with Crippen molar-refractivity contribution in [1.82, 2.24) is 10.6 Å². The topological polar surface area (TPSA) is 85.9 Å². The van der Waals surface area contributed by atoms with Crippen LogP contribution in [0.4, 0.5) is 4.79 Å². The maximum absolute atomic E-state index is 11.9. The number of hydrogen-bond donors (Lipinski definition) is 2. The number of esters is 1. The van der Waals surface area contributed by atoms with Crippen molar-refractivity contribution in [3.8, 4) is 11.5 Å². The van der Waals surface area contributed by atoms with Gasteiger partial charge >= 0.3 is 12.0 Å². The van der Waals surface area contributed by atoms with Crippen molar-refractivity contribution >= 4 is 12.0 Å². The van der Waals surface area contributed by atoms with Crippen molar-refractivity contribution < 1.29 is 23.8 Å². The lowest BCUT2D eigenvalue weighted by Gasteiger charge is -2.26. The number of para-hydroxylation sites is 1. The van der Waals surface area contributed by atoms with E-state index in [9.17, 15) is 9.59 Å². The Labute approximate surface area is 120 Å². The second-order valence-corrected chi connectivity index (χ2v) is 4.58. The smallest absolute Gasteiger partial charge is 0.338 e. The van der Waals surface area contributed by atoms with Crippen molar-refractivity contribution in [3.63, 3.8) is 0 Å². The van der Waals surface area contributed by atoms with E-state index in [0.29, 0.717) is 28.3 Å². The lowest BCUT2D eigenvalue weighted by molar-refractivity contribution is -0.136. The summed E-state index contributed by atoms with van der Waals surface area (Å²) in [7, 11) is 3.03. The van der Waals surface area contributed by atoms with E-state index < -0.39 is 12.0 Å². The van der Waals surface area contributed by atoms with Gasteiger partial charge < -0.3 is 24.8 Å². The molecule has 7 heteroatoms. The van der Waals surface area contributed by atoms with Crippen LogP contribution in [0.15, 0.2) is 29.5 Å². The molecule has 21 heavy (non-hydrogen) atoms. The Morgan fingerprint density at radius 3 is 2.76 bits per heavy atom. The van der Waals surface area contributed by atoms with Gasteiger partial charge in [-0.1, -0.05) is 12.1 Å². The number of benzene rings is 1. The quantitative estimate of drug-likeness (QED) is 0.807. The monoisotopic (exact) mass is 290 g/mol. The molecular formula is C14H14N2O5. The van der Waals surface area contributed by atoms with Gasteiger partial charge in [0.2, 0.25) is 0 Å². The number of amides is 2. The van der Waals surface area contributed by atoms with Crippen LogP contribution >= 0.6 is 0 Å². The van der Waals surface area contributed by atoms with E-state index in [2.05, 4.69) is 10.6 Å². The fraction of sp³-hybridized carbons (Fsp3) is 0.286. The number of carbonyl (C=O) groups excluding carboxylic acids is 2. The van der Waals surface area contributed by atoms with E-state index in [4.69, 9.17) is 14.2 Å². The molecule has 1 atom stereocenters. The van der Waals surface area contributed by atoms with Crippen molar-refractivity contribution in [1.29, 1.82) is 0 Å². The van der Waals surface area contributed by atoms with Crippen molar-refractivity contribution in [2.45, 2.75) is 6.04 Å². The maximum atomic E-state index is 11.9. The highest BCUT2D eigenvalue weighted by atomic mass is 16.5. The van der Waals surface area contributed by atoms with Gasteiger partial charge in [-0.2, -0.15) is 0 Å². The molecule has 3 rings (SSSR count). The van der Waals surface area contributed by atoms with E-state index in [1.165, 1.54) is 14.2 Å². The molecule has 0 aliphatic carbocycles. The number of carbonyl (C=O) groups is 2. The molecule has 2 amide bonds. The third-order valence-corrected chi connectivity index (χ3v) is 3.47. The number of hydrogen-bond acceptors (Lipinski definition) is 5. The third-order valence-electron chi connectivity index (χ3n) is 3.47. The van der Waals surface area contributed by atoms with Crippen LogP contribution in [0.25, 0.3) is 0 Å². The second kappa shape index (κ2) is 5.01. The molecule has 0 fully saturated rings. The molecule has 0 aromatic heterocycles. The van der Waals surface area contributed by atoms with Gasteiger partial charge in [0, 0.05) is 5.56 Å². The minimum atomic E-state index is -0.631. The summed E-state index contributed by atoms with van der Waals surface area (Å²) in [4.78, 5) is 23.7. The molecule has 0 unspecified atom stereocenters. The van der Waals surface area contributed by atoms with Crippen LogP contribution in [-0.4, -0.2) is 32.8 Å². The molecule has 1 aromatic rings. The summed E-state index contributed by atoms with van der Waals surface area (Å²) in [5.41, 5.74) is 1.51. The average molecular weight is 290 g/mol. The first-order valence-electron chi connectivity index (χ1n) is 6.34. The Kier molecular flexibility index (Phi) is 3.17. The third kappa shape index (κ3) is 2.06. The van der Waals surface area contributed by atoms with Gasteiger partial charge in [0.15, 0.2) is 11.5 Å². The molecule has 2 N–H and O–H groups in total. The van der Waals surface area contributed by atoms with Gasteiger partial charge in [0.25, 0.3) is 0 Å². The van der Waals surface area contributed by atoms with Crippen LogP contribution < -0.4 is 20.1 Å². The van der Waals surface area contributed by atoms with Crippen LogP contribution in [0.3, 0.4) is 0 Å². The SMILES string of the molecule is COc1cccc([C@@H]2NC(=O)NC3=C2C(=O)OC3)c1OC.